The molecule has 186 valence electrons. The van der Waals surface area contributed by atoms with Gasteiger partial charge >= 0.3 is 0 Å². The fourth-order valence-electron chi connectivity index (χ4n) is 5.70. The Balaban J connectivity index is 1.28. The zero-order valence-corrected chi connectivity index (χ0v) is 21.1. The number of nitrogens with one attached hydrogen (secondary N) is 1. The summed E-state index contributed by atoms with van der Waals surface area (Å²) in [4.78, 5) is 34.0. The number of para-hydroxylation sites is 1. The van der Waals surface area contributed by atoms with Crippen LogP contribution in [0, 0.1) is 18.8 Å². The monoisotopic (exact) mass is 475 g/mol. The summed E-state index contributed by atoms with van der Waals surface area (Å²) in [5.41, 5.74) is 6.93. The number of fused-ring (bicyclic) bond motifs is 1. The van der Waals surface area contributed by atoms with Crippen molar-refractivity contribution in [1.82, 2.24) is 20.1 Å². The summed E-state index contributed by atoms with van der Waals surface area (Å²) < 4.78 is 0. The number of anilines is 1. The van der Waals surface area contributed by atoms with Gasteiger partial charge in [-0.1, -0.05) is 42.5 Å². The van der Waals surface area contributed by atoms with Crippen LogP contribution in [0.3, 0.4) is 0 Å². The molecule has 3 fully saturated rings. The van der Waals surface area contributed by atoms with Crippen LogP contribution in [0.25, 0.3) is 0 Å². The maximum Gasteiger partial charge on any atom is 0.247 e. The Kier molecular flexibility index (Phi) is 6.91. The van der Waals surface area contributed by atoms with E-state index in [1.807, 2.05) is 35.2 Å². The molecule has 2 aromatic rings. The van der Waals surface area contributed by atoms with E-state index in [0.717, 1.165) is 38.4 Å². The largest absolute Gasteiger partial charge is 0.340 e. The third kappa shape index (κ3) is 4.85. The first-order chi connectivity index (χ1) is 16.9. The smallest absolute Gasteiger partial charge is 0.247 e. The normalized spacial score (nSPS) is 25.8. The topological polar surface area (TPSA) is 59.1 Å². The summed E-state index contributed by atoms with van der Waals surface area (Å²) >= 11 is 0. The number of rotatable bonds is 5. The minimum Gasteiger partial charge on any atom is -0.340 e. The molecule has 7 nitrogen and oxygen atoms in total. The molecule has 2 amide bonds. The Hall–Kier alpha value is -2.74. The molecule has 35 heavy (non-hydrogen) atoms. The van der Waals surface area contributed by atoms with Crippen LogP contribution < -0.4 is 10.4 Å². The number of benzene rings is 2. The van der Waals surface area contributed by atoms with Crippen LogP contribution in [-0.4, -0.2) is 77.9 Å². The van der Waals surface area contributed by atoms with Gasteiger partial charge in [0.2, 0.25) is 11.8 Å². The molecule has 3 atom stereocenters. The highest BCUT2D eigenvalue weighted by molar-refractivity contribution is 5.98. The van der Waals surface area contributed by atoms with E-state index in [0.29, 0.717) is 13.1 Å². The van der Waals surface area contributed by atoms with Crippen molar-refractivity contribution in [1.29, 1.82) is 0 Å². The number of nitrogens with zero attached hydrogens (tertiary/aromatic N) is 4. The molecule has 5 rings (SSSR count). The molecule has 7 heteroatoms. The van der Waals surface area contributed by atoms with Gasteiger partial charge in [0.25, 0.3) is 0 Å². The fourth-order valence-corrected chi connectivity index (χ4v) is 5.70. The maximum absolute atomic E-state index is 13.8. The third-order valence-corrected chi connectivity index (χ3v) is 7.95. The molecule has 3 heterocycles. The van der Waals surface area contributed by atoms with E-state index >= 15 is 0 Å². The van der Waals surface area contributed by atoms with Gasteiger partial charge < -0.3 is 4.90 Å². The van der Waals surface area contributed by atoms with Gasteiger partial charge in [0.15, 0.2) is 0 Å². The molecule has 0 radical (unpaired) electrons. The van der Waals surface area contributed by atoms with Crippen LogP contribution in [0.15, 0.2) is 54.6 Å². The van der Waals surface area contributed by atoms with Gasteiger partial charge in [-0.3, -0.25) is 19.4 Å². The van der Waals surface area contributed by atoms with E-state index in [1.165, 1.54) is 11.1 Å². The summed E-state index contributed by atoms with van der Waals surface area (Å²) in [5, 5.41) is 1.67. The van der Waals surface area contributed by atoms with Gasteiger partial charge in [0, 0.05) is 51.9 Å². The van der Waals surface area contributed by atoms with Crippen molar-refractivity contribution < 1.29 is 9.59 Å². The number of hydrazine groups is 1. The van der Waals surface area contributed by atoms with E-state index in [-0.39, 0.29) is 35.7 Å². The van der Waals surface area contributed by atoms with E-state index in [2.05, 4.69) is 60.3 Å². The molecule has 2 aromatic carbocycles. The lowest BCUT2D eigenvalue weighted by Crippen LogP contribution is -2.60. The van der Waals surface area contributed by atoms with Crippen LogP contribution in [0.4, 0.5) is 5.69 Å². The average Bonchev–Trinajstić information content (AvgIpc) is 3.22. The van der Waals surface area contributed by atoms with Gasteiger partial charge in [0.1, 0.15) is 0 Å². The molecule has 3 aliphatic heterocycles. The molecule has 0 aromatic heterocycles. The Bertz CT molecular complexity index is 1050. The van der Waals surface area contributed by atoms with Crippen LogP contribution in [-0.2, 0) is 16.1 Å². The first-order valence-electron chi connectivity index (χ1n) is 12.9. The van der Waals surface area contributed by atoms with Crippen LogP contribution in [0.2, 0.25) is 0 Å². The first kappa shape index (κ1) is 24.0. The van der Waals surface area contributed by atoms with Crippen molar-refractivity contribution in [3.63, 3.8) is 0 Å². The first-order valence-corrected chi connectivity index (χ1v) is 12.9. The third-order valence-electron chi connectivity index (χ3n) is 7.95. The lowest BCUT2D eigenvalue weighted by Gasteiger charge is -2.43. The molecule has 1 N–H and O–H groups in total. The summed E-state index contributed by atoms with van der Waals surface area (Å²) in [6.45, 7) is 12.0. The van der Waals surface area contributed by atoms with Crippen molar-refractivity contribution in [2.24, 2.45) is 11.8 Å². The number of carbonyl (C=O) groups is 2. The fraction of sp³-hybridized carbons (Fsp3) is 0.500. The van der Waals surface area contributed by atoms with Crippen molar-refractivity contribution in [3.05, 3.63) is 65.7 Å². The molecule has 3 aliphatic rings. The predicted molar refractivity (Wildman–Crippen MR) is 138 cm³/mol. The number of likely N-dealkylation sites (tertiary alicyclic amines) is 1. The highest BCUT2D eigenvalue weighted by Crippen LogP contribution is 2.33. The second kappa shape index (κ2) is 10.1. The molecular formula is C28H37N5O2. The summed E-state index contributed by atoms with van der Waals surface area (Å²) in [7, 11) is 0. The summed E-state index contributed by atoms with van der Waals surface area (Å²) in [5.74, 6) is -0.220. The second-order valence-corrected chi connectivity index (χ2v) is 10.5. The zero-order valence-electron chi connectivity index (χ0n) is 21.1. The molecule has 3 saturated heterocycles. The van der Waals surface area contributed by atoms with Crippen LogP contribution in [0.1, 0.15) is 25.0 Å². The molecular weight excluding hydrogens is 438 g/mol. The maximum atomic E-state index is 13.8. The SMILES string of the molecule is Cc1ccccc1CN1CCN(C(=O)C2CN(C(C)C)CC3C(=O)N(c4ccccc4)NC23)CC1. The van der Waals surface area contributed by atoms with Crippen molar-refractivity contribution >= 4 is 17.5 Å². The zero-order chi connectivity index (χ0) is 24.5. The van der Waals surface area contributed by atoms with E-state index in [9.17, 15) is 9.59 Å². The van der Waals surface area contributed by atoms with Crippen LogP contribution >= 0.6 is 0 Å². The van der Waals surface area contributed by atoms with E-state index in [4.69, 9.17) is 0 Å². The van der Waals surface area contributed by atoms with Crippen molar-refractivity contribution in [2.75, 3.05) is 44.3 Å². The van der Waals surface area contributed by atoms with Gasteiger partial charge in [-0.2, -0.15) is 0 Å². The molecule has 0 aliphatic carbocycles. The van der Waals surface area contributed by atoms with Gasteiger partial charge in [-0.05, 0) is 44.0 Å². The predicted octanol–water partition coefficient (Wildman–Crippen LogP) is 2.52. The molecule has 3 unspecified atom stereocenters. The number of piperazine rings is 1. The van der Waals surface area contributed by atoms with E-state index < -0.39 is 0 Å². The molecule has 0 saturated carbocycles. The van der Waals surface area contributed by atoms with Crippen LogP contribution in [0.5, 0.6) is 0 Å². The Labute approximate surface area is 208 Å². The number of hydrogen-bond acceptors (Lipinski definition) is 5. The van der Waals surface area contributed by atoms with Gasteiger partial charge in [-0.25, -0.2) is 10.4 Å². The number of amides is 2. The Morgan fingerprint density at radius 1 is 0.971 bits per heavy atom. The number of hydrogen-bond donors (Lipinski definition) is 1. The molecule has 0 bridgehead atoms. The van der Waals surface area contributed by atoms with Gasteiger partial charge in [-0.15, -0.1) is 0 Å². The highest BCUT2D eigenvalue weighted by Gasteiger charge is 2.52. The Morgan fingerprint density at radius 3 is 2.34 bits per heavy atom. The average molecular weight is 476 g/mol. The van der Waals surface area contributed by atoms with E-state index in [1.54, 1.807) is 5.01 Å². The second-order valence-electron chi connectivity index (χ2n) is 10.5. The summed E-state index contributed by atoms with van der Waals surface area (Å²) in [6, 6.07) is 18.3. The standard InChI is InChI=1S/C28H37N5O2/c1-20(2)32-18-24(26-25(19-32)28(35)33(29-26)23-11-5-4-6-12-23)27(34)31-15-13-30(14-16-31)17-22-10-8-7-9-21(22)3/h4-12,20,24-26,29H,13-19H2,1-3H3. The van der Waals surface area contributed by atoms with Gasteiger partial charge in [0.05, 0.1) is 23.6 Å². The number of aryl methyl sites for hydroxylation is 1. The number of piperidine rings is 1. The number of carbonyl (C=O) groups excluding carboxylic acids is 2. The Morgan fingerprint density at radius 2 is 1.66 bits per heavy atom. The lowest BCUT2D eigenvalue weighted by molar-refractivity contribution is -0.141. The lowest BCUT2D eigenvalue weighted by atomic mass is 9.83. The molecule has 0 spiro atoms. The van der Waals surface area contributed by atoms with Crippen molar-refractivity contribution in [2.45, 2.75) is 39.4 Å². The summed E-state index contributed by atoms with van der Waals surface area (Å²) in [6.07, 6.45) is 0. The van der Waals surface area contributed by atoms with Crippen molar-refractivity contribution in [3.8, 4) is 0 Å². The minimum atomic E-state index is -0.239. The quantitative estimate of drug-likeness (QED) is 0.720. The highest BCUT2D eigenvalue weighted by atomic mass is 16.2. The minimum absolute atomic E-state index is 0.0624.